The summed E-state index contributed by atoms with van der Waals surface area (Å²) >= 11 is 0. The summed E-state index contributed by atoms with van der Waals surface area (Å²) in [5.41, 5.74) is 9.13. The Labute approximate surface area is 247 Å². The Morgan fingerprint density at radius 3 is 2.38 bits per heavy atom. The summed E-state index contributed by atoms with van der Waals surface area (Å²) in [6.45, 7) is 1.26. The van der Waals surface area contributed by atoms with Crippen LogP contribution in [-0.2, 0) is 28.0 Å². The lowest BCUT2D eigenvalue weighted by molar-refractivity contribution is -0.114. The van der Waals surface area contributed by atoms with Gasteiger partial charge in [-0.2, -0.15) is 0 Å². The van der Waals surface area contributed by atoms with Gasteiger partial charge in [0.05, 0.1) is 13.4 Å². The van der Waals surface area contributed by atoms with Gasteiger partial charge in [-0.3, -0.25) is 14.6 Å². The van der Waals surface area contributed by atoms with Gasteiger partial charge in [0.25, 0.3) is 11.8 Å². The number of hydrogen-bond donors (Lipinski definition) is 3. The van der Waals surface area contributed by atoms with Gasteiger partial charge in [0.15, 0.2) is 11.5 Å². The lowest BCUT2D eigenvalue weighted by Crippen LogP contribution is -2.46. The van der Waals surface area contributed by atoms with Gasteiger partial charge in [0, 0.05) is 49.5 Å². The largest absolute Gasteiger partial charge is 0.493 e. The lowest BCUT2D eigenvalue weighted by atomic mass is 10.1. The van der Waals surface area contributed by atoms with Gasteiger partial charge < -0.3 is 25.8 Å². The number of amides is 2. The standard InChI is InChI=1S/C30H39N5O6S/c1-32-26(17-25(31)21-11-12-21)30(37)33-18-23-5-4-6-27(28(23)40-2)41-19-20-7-9-22(10-8-20)29(36)34-24-13-15-35(16-14-24)42(3,38)39/h4-10,17,21,24H,11-16,18-19,31H2,1-3H3,(H,33,37)(H,34,36). The normalized spacial score (nSPS) is 17.0. The van der Waals surface area contributed by atoms with E-state index in [1.54, 1.807) is 38.4 Å². The number of carbonyl (C=O) groups excluding carboxylic acids is 2. The SMILES string of the molecule is CN=C(C=C(N)C1CC1)C(=O)NCc1cccc(OCc2ccc(C(=O)NC3CCN(S(C)(=O)=O)CC3)cc2)c1OC. The van der Waals surface area contributed by atoms with E-state index >= 15 is 0 Å². The Morgan fingerprint density at radius 2 is 1.79 bits per heavy atom. The van der Waals surface area contributed by atoms with E-state index in [2.05, 4.69) is 15.6 Å². The summed E-state index contributed by atoms with van der Waals surface area (Å²) in [7, 11) is -0.101. The van der Waals surface area contributed by atoms with Crippen LogP contribution in [0, 0.1) is 5.92 Å². The van der Waals surface area contributed by atoms with E-state index in [0.29, 0.717) is 54.6 Å². The van der Waals surface area contributed by atoms with Crippen LogP contribution in [0.25, 0.3) is 0 Å². The topological polar surface area (TPSA) is 152 Å². The van der Waals surface area contributed by atoms with Gasteiger partial charge in [-0.15, -0.1) is 0 Å². The molecule has 2 aromatic rings. The average Bonchev–Trinajstić information content (AvgIpc) is 3.83. The number of para-hydroxylation sites is 1. The zero-order valence-electron chi connectivity index (χ0n) is 24.3. The van der Waals surface area contributed by atoms with Gasteiger partial charge in [0.2, 0.25) is 10.0 Å². The Hall–Kier alpha value is -3.90. The number of allylic oxidation sites excluding steroid dienone is 1. The van der Waals surface area contributed by atoms with Crippen LogP contribution in [-0.4, -0.2) is 69.8 Å². The molecule has 1 saturated heterocycles. The van der Waals surface area contributed by atoms with Crippen LogP contribution in [0.3, 0.4) is 0 Å². The molecule has 0 aromatic heterocycles. The monoisotopic (exact) mass is 597 g/mol. The Morgan fingerprint density at radius 1 is 1.10 bits per heavy atom. The van der Waals surface area contributed by atoms with Crippen molar-refractivity contribution in [1.82, 2.24) is 14.9 Å². The molecule has 4 N–H and O–H groups in total. The second kappa shape index (κ2) is 13.8. The number of piperidine rings is 1. The van der Waals surface area contributed by atoms with E-state index in [9.17, 15) is 18.0 Å². The first-order valence-corrected chi connectivity index (χ1v) is 15.8. The fourth-order valence-electron chi connectivity index (χ4n) is 4.75. The van der Waals surface area contributed by atoms with E-state index in [1.807, 2.05) is 24.3 Å². The highest BCUT2D eigenvalue weighted by atomic mass is 32.2. The smallest absolute Gasteiger partial charge is 0.269 e. The summed E-state index contributed by atoms with van der Waals surface area (Å²) < 4.78 is 36.5. The first kappa shape index (κ1) is 31.0. The van der Waals surface area contributed by atoms with Gasteiger partial charge in [-0.25, -0.2) is 12.7 Å². The summed E-state index contributed by atoms with van der Waals surface area (Å²) in [5, 5.41) is 5.87. The molecule has 2 aromatic carbocycles. The molecule has 42 heavy (non-hydrogen) atoms. The molecule has 0 unspecified atom stereocenters. The number of nitrogens with zero attached hydrogens (tertiary/aromatic N) is 2. The molecule has 12 heteroatoms. The quantitative estimate of drug-likeness (QED) is 0.318. The van der Waals surface area contributed by atoms with Gasteiger partial charge in [0.1, 0.15) is 12.3 Å². The maximum atomic E-state index is 12.7. The summed E-state index contributed by atoms with van der Waals surface area (Å²) in [5.74, 6) is 0.861. The number of ether oxygens (including phenoxy) is 2. The molecule has 0 radical (unpaired) electrons. The average molecular weight is 598 g/mol. The van der Waals surface area contributed by atoms with E-state index in [4.69, 9.17) is 15.2 Å². The van der Waals surface area contributed by atoms with Crippen LogP contribution in [0.5, 0.6) is 11.5 Å². The molecular weight excluding hydrogens is 558 g/mol. The van der Waals surface area contributed by atoms with Crippen molar-refractivity contribution in [2.24, 2.45) is 16.6 Å². The van der Waals surface area contributed by atoms with E-state index in [1.165, 1.54) is 10.6 Å². The molecule has 2 fully saturated rings. The van der Waals surface area contributed by atoms with Gasteiger partial charge in [-0.1, -0.05) is 24.3 Å². The highest BCUT2D eigenvalue weighted by Gasteiger charge is 2.26. The van der Waals surface area contributed by atoms with Crippen LogP contribution in [0.4, 0.5) is 0 Å². The fraction of sp³-hybridized carbons (Fsp3) is 0.433. The lowest BCUT2D eigenvalue weighted by Gasteiger charge is -2.30. The zero-order chi connectivity index (χ0) is 30.3. The van der Waals surface area contributed by atoms with E-state index in [-0.39, 0.29) is 36.7 Å². The van der Waals surface area contributed by atoms with Crippen molar-refractivity contribution in [3.63, 3.8) is 0 Å². The fourth-order valence-corrected chi connectivity index (χ4v) is 5.62. The molecule has 1 heterocycles. The summed E-state index contributed by atoms with van der Waals surface area (Å²) in [6.07, 6.45) is 6.08. The van der Waals surface area contributed by atoms with Crippen LogP contribution in [0.1, 0.15) is 47.2 Å². The number of benzene rings is 2. The van der Waals surface area contributed by atoms with E-state index in [0.717, 1.165) is 24.0 Å². The Bertz CT molecular complexity index is 1440. The molecule has 0 spiro atoms. The van der Waals surface area contributed by atoms with Crippen LogP contribution < -0.4 is 25.8 Å². The second-order valence-electron chi connectivity index (χ2n) is 10.6. The number of nitrogens with two attached hydrogens (primary N) is 1. The highest BCUT2D eigenvalue weighted by molar-refractivity contribution is 7.88. The minimum Gasteiger partial charge on any atom is -0.493 e. The molecule has 4 rings (SSSR count). The maximum absolute atomic E-state index is 12.7. The van der Waals surface area contributed by atoms with Gasteiger partial charge >= 0.3 is 0 Å². The van der Waals surface area contributed by atoms with E-state index < -0.39 is 10.0 Å². The molecular formula is C30H39N5O6S. The highest BCUT2D eigenvalue weighted by Crippen LogP contribution is 2.34. The summed E-state index contributed by atoms with van der Waals surface area (Å²) in [4.78, 5) is 29.5. The molecule has 1 saturated carbocycles. The zero-order valence-corrected chi connectivity index (χ0v) is 25.1. The van der Waals surface area contributed by atoms with Crippen molar-refractivity contribution in [3.8, 4) is 11.5 Å². The molecule has 226 valence electrons. The van der Waals surface area contributed by atoms with Crippen molar-refractivity contribution in [2.75, 3.05) is 33.5 Å². The minimum absolute atomic E-state index is 0.0683. The molecule has 1 aliphatic heterocycles. The number of nitrogens with one attached hydrogen (secondary N) is 2. The molecule has 2 amide bonds. The van der Waals surface area contributed by atoms with Crippen LogP contribution >= 0.6 is 0 Å². The van der Waals surface area contributed by atoms with Crippen LogP contribution in [0.15, 0.2) is 59.2 Å². The maximum Gasteiger partial charge on any atom is 0.269 e. The third kappa shape index (κ3) is 8.32. The number of carbonyl (C=O) groups is 2. The predicted molar refractivity (Wildman–Crippen MR) is 161 cm³/mol. The third-order valence-electron chi connectivity index (χ3n) is 7.40. The first-order chi connectivity index (χ1) is 20.1. The number of hydrogen-bond acceptors (Lipinski definition) is 8. The number of aliphatic imine (C=N–C) groups is 1. The number of sulfonamides is 1. The molecule has 2 aliphatic rings. The van der Waals surface area contributed by atoms with Crippen molar-refractivity contribution in [2.45, 2.75) is 44.9 Å². The van der Waals surface area contributed by atoms with Crippen molar-refractivity contribution < 1.29 is 27.5 Å². The second-order valence-corrected chi connectivity index (χ2v) is 12.5. The van der Waals surface area contributed by atoms with Crippen LogP contribution in [0.2, 0.25) is 0 Å². The number of rotatable bonds is 12. The van der Waals surface area contributed by atoms with Crippen molar-refractivity contribution in [1.29, 1.82) is 0 Å². The molecule has 0 bridgehead atoms. The summed E-state index contributed by atoms with van der Waals surface area (Å²) in [6, 6.07) is 12.5. The van der Waals surface area contributed by atoms with Crippen molar-refractivity contribution in [3.05, 3.63) is 70.9 Å². The number of methoxy groups -OCH3 is 1. The molecule has 11 nitrogen and oxygen atoms in total. The first-order valence-electron chi connectivity index (χ1n) is 13.9. The minimum atomic E-state index is -3.21. The molecule has 0 atom stereocenters. The molecule has 1 aliphatic carbocycles. The predicted octanol–water partition coefficient (Wildman–Crippen LogP) is 2.37. The van der Waals surface area contributed by atoms with Crippen molar-refractivity contribution >= 4 is 27.5 Å². The Balaban J connectivity index is 1.30. The Kier molecular flexibility index (Phi) is 10.2. The third-order valence-corrected chi connectivity index (χ3v) is 8.70. The van der Waals surface area contributed by atoms with Gasteiger partial charge in [-0.05, 0) is 61.4 Å².